The third kappa shape index (κ3) is 3.95. The molecule has 25 heavy (non-hydrogen) atoms. The van der Waals surface area contributed by atoms with Gasteiger partial charge in [-0.2, -0.15) is 0 Å². The Hall–Kier alpha value is -2.09. The number of carboxylic acids is 1. The van der Waals surface area contributed by atoms with Gasteiger partial charge in [0.2, 0.25) is 0 Å². The van der Waals surface area contributed by atoms with Gasteiger partial charge in [-0.1, -0.05) is 0 Å². The van der Waals surface area contributed by atoms with Gasteiger partial charge in [-0.05, 0) is 0 Å². The summed E-state index contributed by atoms with van der Waals surface area (Å²) >= 11 is 5.82. The predicted octanol–water partition coefficient (Wildman–Crippen LogP) is 3.37. The van der Waals surface area contributed by atoms with Gasteiger partial charge in [0.25, 0.3) is 0 Å². The van der Waals surface area contributed by atoms with E-state index in [9.17, 15) is 9.90 Å². The summed E-state index contributed by atoms with van der Waals surface area (Å²) in [4.78, 5) is 16.1. The molecule has 0 bridgehead atoms. The van der Waals surface area contributed by atoms with Crippen LogP contribution < -0.4 is 8.70 Å². The van der Waals surface area contributed by atoms with Gasteiger partial charge in [-0.15, -0.1) is 0 Å². The number of benzene rings is 2. The van der Waals surface area contributed by atoms with Crippen molar-refractivity contribution >= 4 is 42.0 Å². The number of aryl methyl sites for hydroxylation is 2. The predicted molar refractivity (Wildman–Crippen MR) is 103 cm³/mol. The Bertz CT molecular complexity index is 956. The number of carboxylic acid groups (broad SMARTS) is 1. The third-order valence-electron chi connectivity index (χ3n) is 3.82. The maximum absolute atomic E-state index is 11.5. The summed E-state index contributed by atoms with van der Waals surface area (Å²) in [6.45, 7) is 3.90. The molecule has 2 aromatic carbocycles. The van der Waals surface area contributed by atoms with E-state index >= 15 is 0 Å². The Balaban J connectivity index is 1.95. The van der Waals surface area contributed by atoms with Gasteiger partial charge in [0.1, 0.15) is 0 Å². The molecule has 1 aromatic heterocycles. The Morgan fingerprint density at radius 3 is 2.56 bits per heavy atom. The molecule has 0 atom stereocenters. The van der Waals surface area contributed by atoms with Gasteiger partial charge in [0.15, 0.2) is 0 Å². The second-order valence-corrected chi connectivity index (χ2v) is 8.75. The average Bonchev–Trinajstić information content (AvgIpc) is 2.57. The first-order valence-corrected chi connectivity index (χ1v) is 9.98. The number of hydrogen-bond acceptors (Lipinski definition) is 2. The molecule has 0 aliphatic carbocycles. The van der Waals surface area contributed by atoms with E-state index in [1.165, 1.54) is 0 Å². The van der Waals surface area contributed by atoms with Crippen LogP contribution >= 0.6 is 11.6 Å². The second kappa shape index (κ2) is 7.43. The Morgan fingerprint density at radius 2 is 1.88 bits per heavy atom. The Morgan fingerprint density at radius 1 is 1.12 bits per heavy atom. The van der Waals surface area contributed by atoms with Crippen LogP contribution in [0.25, 0.3) is 11.3 Å². The molecule has 3 nitrogen and oxygen atoms in total. The van der Waals surface area contributed by atoms with E-state index in [1.807, 2.05) is 56.4 Å². The first kappa shape index (κ1) is 17.7. The number of halogens is 1. The molecule has 0 amide bonds. The molecule has 5 heteroatoms. The van der Waals surface area contributed by atoms with Crippen LogP contribution in [0, 0.1) is 13.8 Å². The van der Waals surface area contributed by atoms with Crippen LogP contribution in [0.1, 0.15) is 21.5 Å². The zero-order valence-corrected chi connectivity index (χ0v) is 16.5. The minimum absolute atomic E-state index is 0.382. The quantitative estimate of drug-likeness (QED) is 0.668. The molecule has 1 heterocycles. The normalized spacial score (nSPS) is 11.2. The van der Waals surface area contributed by atoms with Crippen LogP contribution in [0.4, 0.5) is 0 Å². The molecule has 0 aliphatic rings. The summed E-state index contributed by atoms with van der Waals surface area (Å²) in [6.07, 6.45) is 1.83. The van der Waals surface area contributed by atoms with E-state index in [-0.39, 0.29) is 0 Å². The SMILES string of the molecule is Cc1ccc([As]c2cnc(-c3ccccc3Cl)c(C)c2)c(C(=O)O)c1. The van der Waals surface area contributed by atoms with Crippen molar-refractivity contribution in [3.8, 4) is 11.3 Å². The average molecular weight is 413 g/mol. The van der Waals surface area contributed by atoms with E-state index in [0.29, 0.717) is 10.6 Å². The molecule has 0 spiro atoms. The van der Waals surface area contributed by atoms with Crippen molar-refractivity contribution in [3.05, 3.63) is 76.4 Å². The molecule has 0 aliphatic heterocycles. The molecule has 125 valence electrons. The third-order valence-corrected chi connectivity index (χ3v) is 6.53. The molecule has 0 fully saturated rings. The number of pyridine rings is 1. The number of rotatable bonds is 4. The molecule has 3 rings (SSSR count). The van der Waals surface area contributed by atoms with Crippen molar-refractivity contribution in [2.45, 2.75) is 13.8 Å². The topological polar surface area (TPSA) is 50.2 Å². The fourth-order valence-corrected chi connectivity index (χ4v) is 5.11. The van der Waals surface area contributed by atoms with E-state index in [2.05, 4.69) is 11.1 Å². The zero-order chi connectivity index (χ0) is 18.0. The molecule has 0 saturated carbocycles. The van der Waals surface area contributed by atoms with Crippen LogP contribution in [0.3, 0.4) is 0 Å². The maximum atomic E-state index is 11.5. The van der Waals surface area contributed by atoms with E-state index < -0.39 is 21.7 Å². The number of aromatic carboxylic acids is 1. The van der Waals surface area contributed by atoms with Crippen LogP contribution in [0.5, 0.6) is 0 Å². The number of hydrogen-bond donors (Lipinski definition) is 1. The van der Waals surface area contributed by atoms with Crippen molar-refractivity contribution in [1.82, 2.24) is 4.98 Å². The van der Waals surface area contributed by atoms with Gasteiger partial charge >= 0.3 is 158 Å². The summed E-state index contributed by atoms with van der Waals surface area (Å²) in [5.74, 6) is -0.883. The fraction of sp³-hybridized carbons (Fsp3) is 0.100. The van der Waals surface area contributed by atoms with Gasteiger partial charge in [-0.3, -0.25) is 0 Å². The van der Waals surface area contributed by atoms with Crippen LogP contribution in [0.15, 0.2) is 54.7 Å². The van der Waals surface area contributed by atoms with E-state index in [1.54, 1.807) is 6.07 Å². The summed E-state index contributed by atoms with van der Waals surface area (Å²) in [7, 11) is 0. The summed E-state index contributed by atoms with van der Waals surface area (Å²) in [6, 6.07) is 15.3. The molecular weight excluding hydrogens is 397 g/mol. The van der Waals surface area contributed by atoms with Crippen molar-refractivity contribution in [2.75, 3.05) is 0 Å². The number of carbonyl (C=O) groups is 1. The summed E-state index contributed by atoms with van der Waals surface area (Å²) in [5, 5.41) is 10.1. The summed E-state index contributed by atoms with van der Waals surface area (Å²) < 4.78 is 1.94. The second-order valence-electron chi connectivity index (χ2n) is 5.78. The molecule has 1 N–H and O–H groups in total. The molecule has 0 unspecified atom stereocenters. The van der Waals surface area contributed by atoms with E-state index in [4.69, 9.17) is 11.6 Å². The van der Waals surface area contributed by atoms with Crippen LogP contribution in [0.2, 0.25) is 5.02 Å². The standard InChI is InChI=1S/C20H16AsClNO2/c1-12-7-8-17(16(9-12)20(24)25)21-14-10-13(2)19(23-11-14)15-5-3-4-6-18(15)22/h3-11H,1-2H3,(H,24,25). The van der Waals surface area contributed by atoms with Crippen molar-refractivity contribution in [1.29, 1.82) is 0 Å². The van der Waals surface area contributed by atoms with Gasteiger partial charge < -0.3 is 0 Å². The van der Waals surface area contributed by atoms with Gasteiger partial charge in [0, 0.05) is 0 Å². The number of nitrogens with zero attached hydrogens (tertiary/aromatic N) is 1. The zero-order valence-electron chi connectivity index (χ0n) is 13.8. The molecule has 0 saturated heterocycles. The van der Waals surface area contributed by atoms with E-state index in [0.717, 1.165) is 31.1 Å². The van der Waals surface area contributed by atoms with Gasteiger partial charge in [-0.25, -0.2) is 0 Å². The molecule has 3 aromatic rings. The first-order chi connectivity index (χ1) is 12.0. The van der Waals surface area contributed by atoms with Crippen molar-refractivity contribution in [2.24, 2.45) is 0 Å². The Kier molecular flexibility index (Phi) is 5.27. The molecule has 1 radical (unpaired) electrons. The number of aromatic nitrogens is 1. The van der Waals surface area contributed by atoms with Crippen molar-refractivity contribution < 1.29 is 9.90 Å². The fourth-order valence-electron chi connectivity index (χ4n) is 2.61. The van der Waals surface area contributed by atoms with Crippen LogP contribution in [-0.2, 0) is 0 Å². The molecular formula is C20H16AsClNO2. The monoisotopic (exact) mass is 412 g/mol. The summed E-state index contributed by atoms with van der Waals surface area (Å²) in [5.41, 5.74) is 4.13. The van der Waals surface area contributed by atoms with Crippen LogP contribution in [-0.4, -0.2) is 31.8 Å². The Labute approximate surface area is 158 Å². The van der Waals surface area contributed by atoms with Crippen molar-refractivity contribution in [3.63, 3.8) is 0 Å². The minimum atomic E-state index is -0.883. The first-order valence-electron chi connectivity index (χ1n) is 7.73. The van der Waals surface area contributed by atoms with Gasteiger partial charge in [0.05, 0.1) is 0 Å².